The third kappa shape index (κ3) is 2.54. The molecular weight excluding hydrogens is 232 g/mol. The highest BCUT2D eigenvalue weighted by Gasteiger charge is 2.26. The summed E-state index contributed by atoms with van der Waals surface area (Å²) in [6.45, 7) is 1.90. The molecule has 90 valence electrons. The van der Waals surface area contributed by atoms with Gasteiger partial charge in [-0.3, -0.25) is 0 Å². The number of methoxy groups -OCH3 is 1. The van der Waals surface area contributed by atoms with Crippen LogP contribution < -0.4 is 5.32 Å². The smallest absolute Gasteiger partial charge is 0.360 e. The van der Waals surface area contributed by atoms with Gasteiger partial charge in [-0.1, -0.05) is 0 Å². The van der Waals surface area contributed by atoms with E-state index in [9.17, 15) is 4.79 Å². The maximum atomic E-state index is 11.4. The van der Waals surface area contributed by atoms with Crippen molar-refractivity contribution < 1.29 is 13.9 Å². The van der Waals surface area contributed by atoms with E-state index in [1.165, 1.54) is 13.5 Å². The van der Waals surface area contributed by atoms with Crippen LogP contribution in [0.4, 0.5) is 0 Å². The van der Waals surface area contributed by atoms with Gasteiger partial charge in [0, 0.05) is 5.92 Å². The fraction of sp³-hybridized carbons (Fsp3) is 0.600. The average molecular weight is 247 g/mol. The van der Waals surface area contributed by atoms with Crippen LogP contribution in [0, 0.1) is 0 Å². The van der Waals surface area contributed by atoms with Crippen LogP contribution in [0.15, 0.2) is 10.8 Å². The molecular formula is C10H15ClN2O3. The van der Waals surface area contributed by atoms with Gasteiger partial charge in [0.15, 0.2) is 12.1 Å². The predicted octanol–water partition coefficient (Wildman–Crippen LogP) is 1.35. The predicted molar refractivity (Wildman–Crippen MR) is 59.9 cm³/mol. The third-order valence-corrected chi connectivity index (χ3v) is 2.68. The summed E-state index contributed by atoms with van der Waals surface area (Å²) in [5, 5.41) is 3.26. The van der Waals surface area contributed by atoms with Gasteiger partial charge < -0.3 is 14.5 Å². The molecule has 1 aromatic heterocycles. The molecule has 6 heteroatoms. The van der Waals surface area contributed by atoms with Gasteiger partial charge >= 0.3 is 5.97 Å². The first-order valence-corrected chi connectivity index (χ1v) is 5.05. The minimum absolute atomic E-state index is 0. The summed E-state index contributed by atoms with van der Waals surface area (Å²) in [5.41, 5.74) is 0.324. The molecule has 16 heavy (non-hydrogen) atoms. The molecule has 2 heterocycles. The Hall–Kier alpha value is -1.07. The Balaban J connectivity index is 0.00000128. The van der Waals surface area contributed by atoms with Crippen LogP contribution in [0.1, 0.15) is 35.0 Å². The Bertz CT molecular complexity index is 348. The molecule has 1 N–H and O–H groups in total. The largest absolute Gasteiger partial charge is 0.464 e. The fourth-order valence-electron chi connectivity index (χ4n) is 1.88. The van der Waals surface area contributed by atoms with Gasteiger partial charge in [-0.2, -0.15) is 0 Å². The number of halogens is 1. The van der Waals surface area contributed by atoms with Gasteiger partial charge in [0.05, 0.1) is 7.11 Å². The van der Waals surface area contributed by atoms with E-state index >= 15 is 0 Å². The van der Waals surface area contributed by atoms with Crippen molar-refractivity contribution in [1.29, 1.82) is 0 Å². The molecule has 2 rings (SSSR count). The zero-order valence-corrected chi connectivity index (χ0v) is 9.88. The zero-order valence-electron chi connectivity index (χ0n) is 9.06. The number of oxazole rings is 1. The molecule has 0 atom stereocenters. The van der Waals surface area contributed by atoms with Gasteiger partial charge in [0.25, 0.3) is 0 Å². The molecule has 1 aromatic rings. The Morgan fingerprint density at radius 1 is 1.56 bits per heavy atom. The van der Waals surface area contributed by atoms with E-state index < -0.39 is 5.97 Å². The van der Waals surface area contributed by atoms with Gasteiger partial charge in [0.2, 0.25) is 0 Å². The summed E-state index contributed by atoms with van der Waals surface area (Å²) < 4.78 is 9.94. The van der Waals surface area contributed by atoms with E-state index in [1.54, 1.807) is 0 Å². The van der Waals surface area contributed by atoms with Crippen LogP contribution in [0.5, 0.6) is 0 Å². The lowest BCUT2D eigenvalue weighted by Gasteiger charge is -2.20. The van der Waals surface area contributed by atoms with Crippen LogP contribution in [0.25, 0.3) is 0 Å². The highest BCUT2D eigenvalue weighted by molar-refractivity contribution is 5.88. The van der Waals surface area contributed by atoms with Crippen molar-refractivity contribution in [3.63, 3.8) is 0 Å². The number of aromatic nitrogens is 1. The second-order valence-electron chi connectivity index (χ2n) is 3.58. The number of esters is 1. The summed E-state index contributed by atoms with van der Waals surface area (Å²) in [6.07, 6.45) is 3.25. The minimum Gasteiger partial charge on any atom is -0.464 e. The van der Waals surface area contributed by atoms with E-state index in [0.717, 1.165) is 25.9 Å². The molecule has 0 aromatic carbocycles. The molecule has 0 spiro atoms. The van der Waals surface area contributed by atoms with Crippen molar-refractivity contribution in [3.05, 3.63) is 17.8 Å². The molecule has 0 amide bonds. The number of piperidine rings is 1. The van der Waals surface area contributed by atoms with Crippen LogP contribution in [0.2, 0.25) is 0 Å². The third-order valence-electron chi connectivity index (χ3n) is 2.68. The fourth-order valence-corrected chi connectivity index (χ4v) is 1.88. The number of ether oxygens (including phenoxy) is 1. The molecule has 0 unspecified atom stereocenters. The van der Waals surface area contributed by atoms with Crippen LogP contribution in [0.3, 0.4) is 0 Å². The maximum Gasteiger partial charge on any atom is 0.360 e. The number of carbonyl (C=O) groups is 1. The van der Waals surface area contributed by atoms with Crippen molar-refractivity contribution >= 4 is 18.4 Å². The first-order chi connectivity index (χ1) is 7.33. The van der Waals surface area contributed by atoms with E-state index in [1.807, 2.05) is 0 Å². The molecule has 0 aliphatic carbocycles. The molecule has 1 aliphatic heterocycles. The molecule has 1 saturated heterocycles. The number of hydrogen-bond donors (Lipinski definition) is 1. The van der Waals surface area contributed by atoms with Crippen molar-refractivity contribution in [2.24, 2.45) is 0 Å². The first-order valence-electron chi connectivity index (χ1n) is 5.05. The first kappa shape index (κ1) is 13.0. The van der Waals surface area contributed by atoms with E-state index in [4.69, 9.17) is 4.42 Å². The van der Waals surface area contributed by atoms with Crippen molar-refractivity contribution in [3.8, 4) is 0 Å². The Labute approximate surface area is 100.0 Å². The SMILES string of the molecule is COC(=O)c1ncoc1C1CCNCC1.Cl. The van der Waals surface area contributed by atoms with Crippen LogP contribution >= 0.6 is 12.4 Å². The molecule has 1 fully saturated rings. The quantitative estimate of drug-likeness (QED) is 0.798. The Morgan fingerprint density at radius 3 is 2.88 bits per heavy atom. The molecule has 5 nitrogen and oxygen atoms in total. The summed E-state index contributed by atoms with van der Waals surface area (Å²) >= 11 is 0. The van der Waals surface area contributed by atoms with Crippen LogP contribution in [-0.4, -0.2) is 31.2 Å². The number of carbonyl (C=O) groups excluding carboxylic acids is 1. The summed E-state index contributed by atoms with van der Waals surface area (Å²) in [6, 6.07) is 0. The van der Waals surface area contributed by atoms with Gasteiger partial charge in [0.1, 0.15) is 5.76 Å². The van der Waals surface area contributed by atoms with Crippen molar-refractivity contribution in [1.82, 2.24) is 10.3 Å². The van der Waals surface area contributed by atoms with E-state index in [-0.39, 0.29) is 18.3 Å². The van der Waals surface area contributed by atoms with Gasteiger partial charge in [-0.25, -0.2) is 9.78 Å². The lowest BCUT2D eigenvalue weighted by molar-refractivity contribution is 0.0591. The normalized spacial score (nSPS) is 16.6. The molecule has 0 bridgehead atoms. The summed E-state index contributed by atoms with van der Waals surface area (Å²) in [7, 11) is 1.35. The average Bonchev–Trinajstić information content (AvgIpc) is 2.78. The molecule has 0 radical (unpaired) electrons. The number of hydrogen-bond acceptors (Lipinski definition) is 5. The zero-order chi connectivity index (χ0) is 10.7. The topological polar surface area (TPSA) is 64.4 Å². The lowest BCUT2D eigenvalue weighted by atomic mass is 9.94. The second-order valence-corrected chi connectivity index (χ2v) is 3.58. The van der Waals surface area contributed by atoms with Gasteiger partial charge in [-0.05, 0) is 25.9 Å². The summed E-state index contributed by atoms with van der Waals surface area (Å²) in [5.74, 6) is 0.531. The molecule has 0 saturated carbocycles. The van der Waals surface area contributed by atoms with E-state index in [2.05, 4.69) is 15.0 Å². The number of nitrogens with one attached hydrogen (secondary N) is 1. The molecule has 1 aliphatic rings. The van der Waals surface area contributed by atoms with Crippen LogP contribution in [-0.2, 0) is 4.74 Å². The number of rotatable bonds is 2. The van der Waals surface area contributed by atoms with Crippen molar-refractivity contribution in [2.45, 2.75) is 18.8 Å². The van der Waals surface area contributed by atoms with Crippen molar-refractivity contribution in [2.75, 3.05) is 20.2 Å². The Morgan fingerprint density at radius 2 is 2.25 bits per heavy atom. The summed E-state index contributed by atoms with van der Waals surface area (Å²) in [4.78, 5) is 15.3. The maximum absolute atomic E-state index is 11.4. The monoisotopic (exact) mass is 246 g/mol. The van der Waals surface area contributed by atoms with Gasteiger partial charge in [-0.15, -0.1) is 12.4 Å². The minimum atomic E-state index is -0.419. The standard InChI is InChI=1S/C10H14N2O3.ClH/c1-14-10(13)8-9(15-6-12-8)7-2-4-11-5-3-7;/h6-7,11H,2-5H2,1H3;1H. The van der Waals surface area contributed by atoms with E-state index in [0.29, 0.717) is 11.5 Å². The highest BCUT2D eigenvalue weighted by Crippen LogP contribution is 2.27. The Kier molecular flexibility index (Phi) is 4.76. The second kappa shape index (κ2) is 5.86. The number of nitrogens with zero attached hydrogens (tertiary/aromatic N) is 1. The lowest BCUT2D eigenvalue weighted by Crippen LogP contribution is -2.27. The highest BCUT2D eigenvalue weighted by atomic mass is 35.5.